The molecule has 17 heavy (non-hydrogen) atoms. The molecule has 0 bridgehead atoms. The Labute approximate surface area is 106 Å². The lowest BCUT2D eigenvalue weighted by Crippen LogP contribution is -2.23. The fraction of sp³-hybridized carbons (Fsp3) is 0.357. The topological polar surface area (TPSA) is 29.1 Å². The summed E-state index contributed by atoms with van der Waals surface area (Å²) in [6.07, 6.45) is 1.10. The standard InChI is InChI=1S/C14H15NOS/c1-11(16)17-8-2-3-12-4-5-13-6-7-15-10-14(13)9-12/h4-5,9,15H,6-8,10H2,1H3. The average molecular weight is 245 g/mol. The molecular weight excluding hydrogens is 230 g/mol. The van der Waals surface area contributed by atoms with Crippen molar-refractivity contribution < 1.29 is 4.79 Å². The van der Waals surface area contributed by atoms with Gasteiger partial charge in [0, 0.05) is 19.0 Å². The maximum absolute atomic E-state index is 10.7. The van der Waals surface area contributed by atoms with Crippen molar-refractivity contribution in [3.05, 3.63) is 34.9 Å². The molecule has 3 heteroatoms. The molecule has 1 aromatic rings. The summed E-state index contributed by atoms with van der Waals surface area (Å²) in [5, 5.41) is 3.47. The molecule has 2 rings (SSSR count). The second kappa shape index (κ2) is 5.90. The van der Waals surface area contributed by atoms with Crippen molar-refractivity contribution in [1.29, 1.82) is 0 Å². The van der Waals surface area contributed by atoms with E-state index in [1.807, 2.05) is 0 Å². The molecule has 0 aromatic heterocycles. The molecule has 0 unspecified atom stereocenters. The van der Waals surface area contributed by atoms with Gasteiger partial charge in [-0.05, 0) is 36.2 Å². The number of nitrogens with one attached hydrogen (secondary N) is 1. The van der Waals surface area contributed by atoms with Gasteiger partial charge in [-0.3, -0.25) is 4.79 Å². The highest BCUT2D eigenvalue weighted by atomic mass is 32.2. The van der Waals surface area contributed by atoms with E-state index in [-0.39, 0.29) is 5.12 Å². The van der Waals surface area contributed by atoms with Crippen LogP contribution in [0.3, 0.4) is 0 Å². The SMILES string of the molecule is CC(=O)SCC#Cc1ccc2c(c1)CNCC2. The molecule has 0 spiro atoms. The Morgan fingerprint density at radius 1 is 1.47 bits per heavy atom. The van der Waals surface area contributed by atoms with E-state index in [0.29, 0.717) is 5.75 Å². The van der Waals surface area contributed by atoms with Crippen molar-refractivity contribution in [2.45, 2.75) is 19.9 Å². The van der Waals surface area contributed by atoms with Gasteiger partial charge in [-0.1, -0.05) is 29.7 Å². The van der Waals surface area contributed by atoms with Gasteiger partial charge in [-0.15, -0.1) is 0 Å². The van der Waals surface area contributed by atoms with Gasteiger partial charge in [0.1, 0.15) is 0 Å². The largest absolute Gasteiger partial charge is 0.312 e. The fourth-order valence-electron chi connectivity index (χ4n) is 1.83. The van der Waals surface area contributed by atoms with Gasteiger partial charge >= 0.3 is 0 Å². The number of rotatable bonds is 1. The molecule has 1 aliphatic rings. The van der Waals surface area contributed by atoms with Crippen LogP contribution in [0.4, 0.5) is 0 Å². The normalized spacial score (nSPS) is 13.5. The van der Waals surface area contributed by atoms with Crippen LogP contribution in [-0.2, 0) is 17.8 Å². The Bertz CT molecular complexity index is 485. The van der Waals surface area contributed by atoms with Crippen LogP contribution >= 0.6 is 11.8 Å². The summed E-state index contributed by atoms with van der Waals surface area (Å²) in [4.78, 5) is 10.7. The fourth-order valence-corrected chi connectivity index (χ4v) is 2.18. The predicted molar refractivity (Wildman–Crippen MR) is 71.9 cm³/mol. The third kappa shape index (κ3) is 3.62. The monoisotopic (exact) mass is 245 g/mol. The van der Waals surface area contributed by atoms with Crippen molar-refractivity contribution in [3.8, 4) is 11.8 Å². The van der Waals surface area contributed by atoms with Crippen LogP contribution in [0.15, 0.2) is 18.2 Å². The lowest BCUT2D eigenvalue weighted by atomic mass is 9.99. The zero-order valence-corrected chi connectivity index (χ0v) is 10.7. The first-order valence-corrected chi connectivity index (χ1v) is 6.69. The van der Waals surface area contributed by atoms with Crippen molar-refractivity contribution in [1.82, 2.24) is 5.32 Å². The van der Waals surface area contributed by atoms with Crippen LogP contribution in [0.5, 0.6) is 0 Å². The van der Waals surface area contributed by atoms with Crippen molar-refractivity contribution in [3.63, 3.8) is 0 Å². The number of hydrogen-bond acceptors (Lipinski definition) is 3. The first kappa shape index (κ1) is 12.2. The lowest BCUT2D eigenvalue weighted by molar-refractivity contribution is -0.109. The third-order valence-corrected chi connectivity index (χ3v) is 3.37. The van der Waals surface area contributed by atoms with Crippen molar-refractivity contribution in [2.24, 2.45) is 0 Å². The molecule has 1 heterocycles. The van der Waals surface area contributed by atoms with Crippen molar-refractivity contribution >= 4 is 16.9 Å². The van der Waals surface area contributed by atoms with E-state index in [4.69, 9.17) is 0 Å². The van der Waals surface area contributed by atoms with Crippen LogP contribution in [-0.4, -0.2) is 17.4 Å². The van der Waals surface area contributed by atoms with E-state index in [1.165, 1.54) is 22.9 Å². The van der Waals surface area contributed by atoms with Crippen molar-refractivity contribution in [2.75, 3.05) is 12.3 Å². The van der Waals surface area contributed by atoms with E-state index in [1.54, 1.807) is 6.92 Å². The quantitative estimate of drug-likeness (QED) is 0.767. The van der Waals surface area contributed by atoms with Gasteiger partial charge < -0.3 is 5.32 Å². The second-order valence-electron chi connectivity index (χ2n) is 3.99. The molecule has 0 saturated carbocycles. The summed E-state index contributed by atoms with van der Waals surface area (Å²) < 4.78 is 0. The molecular formula is C14H15NOS. The Morgan fingerprint density at radius 3 is 3.18 bits per heavy atom. The number of carbonyl (C=O) groups is 1. The Balaban J connectivity index is 2.04. The highest BCUT2D eigenvalue weighted by Crippen LogP contribution is 2.15. The van der Waals surface area contributed by atoms with E-state index in [2.05, 4.69) is 35.4 Å². The summed E-state index contributed by atoms with van der Waals surface area (Å²) >= 11 is 1.25. The molecule has 2 nitrogen and oxygen atoms in total. The minimum absolute atomic E-state index is 0.119. The van der Waals surface area contributed by atoms with Gasteiger partial charge in [-0.2, -0.15) is 0 Å². The molecule has 0 radical (unpaired) electrons. The number of benzene rings is 1. The molecule has 0 amide bonds. The molecule has 1 aromatic carbocycles. The third-order valence-electron chi connectivity index (χ3n) is 2.67. The van der Waals surface area contributed by atoms with Gasteiger partial charge in [0.2, 0.25) is 0 Å². The zero-order chi connectivity index (χ0) is 12.1. The molecule has 0 aliphatic carbocycles. The average Bonchev–Trinajstić information content (AvgIpc) is 2.34. The number of thioether (sulfide) groups is 1. The molecule has 88 valence electrons. The van der Waals surface area contributed by atoms with E-state index < -0.39 is 0 Å². The maximum atomic E-state index is 10.7. The Hall–Kier alpha value is -1.24. The van der Waals surface area contributed by atoms with E-state index in [9.17, 15) is 4.79 Å². The summed E-state index contributed by atoms with van der Waals surface area (Å²) in [7, 11) is 0. The zero-order valence-electron chi connectivity index (χ0n) is 9.88. The first-order valence-electron chi connectivity index (χ1n) is 5.70. The van der Waals surface area contributed by atoms with Gasteiger partial charge in [0.15, 0.2) is 5.12 Å². The highest BCUT2D eigenvalue weighted by molar-refractivity contribution is 8.13. The molecule has 0 saturated heterocycles. The van der Waals surface area contributed by atoms with Gasteiger partial charge in [-0.25, -0.2) is 0 Å². The van der Waals surface area contributed by atoms with Crippen LogP contribution in [0.25, 0.3) is 0 Å². The second-order valence-corrected chi connectivity index (χ2v) is 5.14. The lowest BCUT2D eigenvalue weighted by Gasteiger charge is -2.16. The van der Waals surface area contributed by atoms with Crippen LogP contribution in [0.2, 0.25) is 0 Å². The molecule has 0 fully saturated rings. The molecule has 1 N–H and O–H groups in total. The van der Waals surface area contributed by atoms with Crippen LogP contribution in [0, 0.1) is 11.8 Å². The smallest absolute Gasteiger partial charge is 0.186 e. The maximum Gasteiger partial charge on any atom is 0.186 e. The number of carbonyl (C=O) groups excluding carboxylic acids is 1. The summed E-state index contributed by atoms with van der Waals surface area (Å²) in [5.74, 6) is 6.68. The number of hydrogen-bond donors (Lipinski definition) is 1. The Morgan fingerprint density at radius 2 is 2.35 bits per heavy atom. The molecule has 1 aliphatic heterocycles. The minimum Gasteiger partial charge on any atom is -0.312 e. The Kier molecular flexibility index (Phi) is 4.24. The summed E-state index contributed by atoms with van der Waals surface area (Å²) in [5.41, 5.74) is 3.81. The summed E-state index contributed by atoms with van der Waals surface area (Å²) in [6, 6.07) is 6.38. The molecule has 0 atom stereocenters. The summed E-state index contributed by atoms with van der Waals surface area (Å²) in [6.45, 7) is 3.57. The number of fused-ring (bicyclic) bond motifs is 1. The van der Waals surface area contributed by atoms with Gasteiger partial charge in [0.25, 0.3) is 0 Å². The minimum atomic E-state index is 0.119. The van der Waals surface area contributed by atoms with Crippen LogP contribution < -0.4 is 5.32 Å². The first-order chi connectivity index (χ1) is 8.25. The highest BCUT2D eigenvalue weighted by Gasteiger charge is 2.07. The van der Waals surface area contributed by atoms with E-state index >= 15 is 0 Å². The van der Waals surface area contributed by atoms with Gasteiger partial charge in [0.05, 0.1) is 5.75 Å². The van der Waals surface area contributed by atoms with E-state index in [0.717, 1.165) is 25.1 Å². The predicted octanol–water partition coefficient (Wildman–Crippen LogP) is 1.96. The van der Waals surface area contributed by atoms with Crippen LogP contribution in [0.1, 0.15) is 23.6 Å².